The van der Waals surface area contributed by atoms with Gasteiger partial charge in [-0.25, -0.2) is 0 Å². The minimum atomic E-state index is -0.220. The van der Waals surface area contributed by atoms with Gasteiger partial charge in [0.05, 0.1) is 6.54 Å². The summed E-state index contributed by atoms with van der Waals surface area (Å²) in [6.45, 7) is 8.72. The molecule has 22 heavy (non-hydrogen) atoms. The molecule has 0 N–H and O–H groups in total. The molecule has 0 amide bonds. The van der Waals surface area contributed by atoms with Crippen molar-refractivity contribution >= 4 is 5.97 Å². The lowest BCUT2D eigenvalue weighted by atomic mass is 9.94. The highest BCUT2D eigenvalue weighted by atomic mass is 16.5. The fraction of sp³-hybridized carbons (Fsp3) is 0.526. The molecule has 0 spiro atoms. The number of allylic oxidation sites excluding steroid dienone is 2. The van der Waals surface area contributed by atoms with E-state index in [4.69, 9.17) is 4.74 Å². The predicted octanol–water partition coefficient (Wildman–Crippen LogP) is 4.31. The second kappa shape index (κ2) is 8.74. The fourth-order valence-corrected chi connectivity index (χ4v) is 2.23. The van der Waals surface area contributed by atoms with E-state index in [1.54, 1.807) is 0 Å². The highest BCUT2D eigenvalue weighted by molar-refractivity contribution is 5.74. The first-order valence-corrected chi connectivity index (χ1v) is 7.89. The molecular weight excluding hydrogens is 274 g/mol. The number of nitrogens with zero attached hydrogens (tertiary/aromatic N) is 1. The van der Waals surface area contributed by atoms with Crippen LogP contribution in [0.15, 0.2) is 29.8 Å². The molecule has 0 aliphatic carbocycles. The van der Waals surface area contributed by atoms with Crippen LogP contribution < -0.4 is 4.74 Å². The molecule has 0 unspecified atom stereocenters. The van der Waals surface area contributed by atoms with Gasteiger partial charge in [-0.15, -0.1) is 0 Å². The van der Waals surface area contributed by atoms with Gasteiger partial charge < -0.3 is 4.74 Å². The molecule has 0 aliphatic rings. The monoisotopic (exact) mass is 303 g/mol. The first-order chi connectivity index (χ1) is 10.3. The summed E-state index contributed by atoms with van der Waals surface area (Å²) < 4.78 is 5.50. The van der Waals surface area contributed by atoms with Crippen LogP contribution in [0.25, 0.3) is 0 Å². The molecular formula is C19H29NO2. The topological polar surface area (TPSA) is 29.5 Å². The second-order valence-corrected chi connectivity index (χ2v) is 6.50. The zero-order chi connectivity index (χ0) is 16.7. The maximum Gasteiger partial charge on any atom is 0.325 e. The third-order valence-corrected chi connectivity index (χ3v) is 3.60. The summed E-state index contributed by atoms with van der Waals surface area (Å²) in [6, 6.07) is 6.17. The first-order valence-electron chi connectivity index (χ1n) is 7.89. The zero-order valence-corrected chi connectivity index (χ0v) is 14.8. The van der Waals surface area contributed by atoms with Gasteiger partial charge in [0.1, 0.15) is 5.75 Å². The van der Waals surface area contributed by atoms with E-state index in [-0.39, 0.29) is 5.97 Å². The van der Waals surface area contributed by atoms with Crippen molar-refractivity contribution in [3.05, 3.63) is 41.0 Å². The minimum Gasteiger partial charge on any atom is -0.425 e. The van der Waals surface area contributed by atoms with E-state index in [0.717, 1.165) is 18.4 Å². The standard InChI is InChI=1S/C19H29NO2/c1-14(2)8-7-9-15(3)17-11-10-16(4)18(12-17)22-19(21)13-20(5)6/h8,10-12,15H,7,9,13H2,1-6H3/t15-/m1/s1. The molecule has 0 heterocycles. The quantitative estimate of drug-likeness (QED) is 0.427. The second-order valence-electron chi connectivity index (χ2n) is 6.50. The van der Waals surface area contributed by atoms with Crippen molar-refractivity contribution in [2.45, 2.75) is 46.5 Å². The van der Waals surface area contributed by atoms with E-state index in [1.807, 2.05) is 38.1 Å². The number of rotatable bonds is 7. The molecule has 0 radical (unpaired) electrons. The minimum absolute atomic E-state index is 0.220. The van der Waals surface area contributed by atoms with Crippen LogP contribution in [-0.4, -0.2) is 31.5 Å². The Morgan fingerprint density at radius 1 is 1.32 bits per heavy atom. The predicted molar refractivity (Wildman–Crippen MR) is 92.4 cm³/mol. The smallest absolute Gasteiger partial charge is 0.325 e. The molecule has 0 bridgehead atoms. The molecule has 0 fully saturated rings. The van der Waals surface area contributed by atoms with Crippen LogP contribution in [0.4, 0.5) is 0 Å². The summed E-state index contributed by atoms with van der Waals surface area (Å²) in [7, 11) is 3.71. The summed E-state index contributed by atoms with van der Waals surface area (Å²) in [5.74, 6) is 0.906. The molecule has 3 heteroatoms. The third kappa shape index (κ3) is 6.44. The van der Waals surface area contributed by atoms with Gasteiger partial charge in [0, 0.05) is 0 Å². The summed E-state index contributed by atoms with van der Waals surface area (Å²) in [5.41, 5.74) is 3.57. The molecule has 1 aromatic carbocycles. The Kier molecular flexibility index (Phi) is 7.33. The van der Waals surface area contributed by atoms with E-state index in [0.29, 0.717) is 18.2 Å². The summed E-state index contributed by atoms with van der Waals surface area (Å²) in [4.78, 5) is 13.6. The van der Waals surface area contributed by atoms with Crippen LogP contribution in [0.2, 0.25) is 0 Å². The van der Waals surface area contributed by atoms with Crippen LogP contribution in [0.5, 0.6) is 5.75 Å². The van der Waals surface area contributed by atoms with Crippen LogP contribution >= 0.6 is 0 Å². The van der Waals surface area contributed by atoms with Gasteiger partial charge in [-0.2, -0.15) is 0 Å². The maximum atomic E-state index is 11.8. The molecule has 0 saturated heterocycles. The summed E-state index contributed by atoms with van der Waals surface area (Å²) in [5, 5.41) is 0. The molecule has 122 valence electrons. The fourth-order valence-electron chi connectivity index (χ4n) is 2.23. The maximum absolute atomic E-state index is 11.8. The lowest BCUT2D eigenvalue weighted by molar-refractivity contribution is -0.135. The number of esters is 1. The molecule has 0 aromatic heterocycles. The Balaban J connectivity index is 2.76. The number of hydrogen-bond donors (Lipinski definition) is 0. The number of ether oxygens (including phenoxy) is 1. The van der Waals surface area contributed by atoms with Crippen molar-refractivity contribution < 1.29 is 9.53 Å². The van der Waals surface area contributed by atoms with Crippen LogP contribution in [0, 0.1) is 6.92 Å². The lowest BCUT2D eigenvalue weighted by Gasteiger charge is -2.15. The molecule has 3 nitrogen and oxygen atoms in total. The SMILES string of the molecule is CC(C)=CCC[C@@H](C)c1ccc(C)c(OC(=O)CN(C)C)c1. The van der Waals surface area contributed by atoms with Crippen LogP contribution in [0.1, 0.15) is 50.7 Å². The highest BCUT2D eigenvalue weighted by Gasteiger charge is 2.12. The Bertz CT molecular complexity index is 528. The van der Waals surface area contributed by atoms with Crippen LogP contribution in [0.3, 0.4) is 0 Å². The zero-order valence-electron chi connectivity index (χ0n) is 14.8. The van der Waals surface area contributed by atoms with Gasteiger partial charge in [0.15, 0.2) is 0 Å². The Morgan fingerprint density at radius 2 is 2.00 bits per heavy atom. The molecule has 1 rings (SSSR count). The van der Waals surface area contributed by atoms with Gasteiger partial charge in [0.2, 0.25) is 0 Å². The number of aryl methyl sites for hydroxylation is 1. The lowest BCUT2D eigenvalue weighted by Crippen LogP contribution is -2.25. The van der Waals surface area contributed by atoms with Gasteiger partial charge in [-0.3, -0.25) is 9.69 Å². The van der Waals surface area contributed by atoms with E-state index in [2.05, 4.69) is 32.9 Å². The van der Waals surface area contributed by atoms with Gasteiger partial charge in [-0.05, 0) is 70.8 Å². The van der Waals surface area contributed by atoms with E-state index < -0.39 is 0 Å². The van der Waals surface area contributed by atoms with Crippen molar-refractivity contribution in [2.75, 3.05) is 20.6 Å². The normalized spacial score (nSPS) is 12.1. The van der Waals surface area contributed by atoms with Gasteiger partial charge >= 0.3 is 5.97 Å². The van der Waals surface area contributed by atoms with Crippen molar-refractivity contribution in [1.29, 1.82) is 0 Å². The average molecular weight is 303 g/mol. The molecule has 0 saturated carbocycles. The molecule has 1 atom stereocenters. The Hall–Kier alpha value is -1.61. The van der Waals surface area contributed by atoms with Crippen molar-refractivity contribution in [3.8, 4) is 5.75 Å². The van der Waals surface area contributed by atoms with Crippen molar-refractivity contribution in [2.24, 2.45) is 0 Å². The van der Waals surface area contributed by atoms with Crippen molar-refractivity contribution in [3.63, 3.8) is 0 Å². The summed E-state index contributed by atoms with van der Waals surface area (Å²) >= 11 is 0. The average Bonchev–Trinajstić information content (AvgIpc) is 2.39. The van der Waals surface area contributed by atoms with Gasteiger partial charge in [0.25, 0.3) is 0 Å². The largest absolute Gasteiger partial charge is 0.425 e. The third-order valence-electron chi connectivity index (χ3n) is 3.60. The Morgan fingerprint density at radius 3 is 2.59 bits per heavy atom. The molecule has 1 aromatic rings. The summed E-state index contributed by atoms with van der Waals surface area (Å²) in [6.07, 6.45) is 4.44. The van der Waals surface area contributed by atoms with E-state index in [1.165, 1.54) is 11.1 Å². The van der Waals surface area contributed by atoms with Crippen molar-refractivity contribution in [1.82, 2.24) is 4.90 Å². The molecule has 0 aliphatic heterocycles. The number of carbonyl (C=O) groups excluding carboxylic acids is 1. The number of likely N-dealkylation sites (N-methyl/N-ethyl adjacent to an activating group) is 1. The van der Waals surface area contributed by atoms with E-state index in [9.17, 15) is 4.79 Å². The first kappa shape index (κ1) is 18.4. The number of hydrogen-bond acceptors (Lipinski definition) is 3. The number of benzene rings is 1. The Labute approximate surface area is 135 Å². The van der Waals surface area contributed by atoms with E-state index >= 15 is 0 Å². The number of carbonyl (C=O) groups is 1. The highest BCUT2D eigenvalue weighted by Crippen LogP contribution is 2.27. The van der Waals surface area contributed by atoms with Gasteiger partial charge in [-0.1, -0.05) is 30.7 Å². The van der Waals surface area contributed by atoms with Crippen LogP contribution in [-0.2, 0) is 4.79 Å².